The number of benzene rings is 1. The van der Waals surface area contributed by atoms with Crippen molar-refractivity contribution in [3.8, 4) is 0 Å². The van der Waals surface area contributed by atoms with E-state index >= 15 is 0 Å². The van der Waals surface area contributed by atoms with Gasteiger partial charge in [0, 0.05) is 18.9 Å². The van der Waals surface area contributed by atoms with Crippen molar-refractivity contribution >= 4 is 0 Å². The molecule has 1 unspecified atom stereocenters. The van der Waals surface area contributed by atoms with Crippen LogP contribution in [0.1, 0.15) is 36.2 Å². The molecule has 0 radical (unpaired) electrons. The Labute approximate surface area is 120 Å². The van der Waals surface area contributed by atoms with E-state index in [4.69, 9.17) is 0 Å². The normalized spacial score (nSPS) is 12.6. The summed E-state index contributed by atoms with van der Waals surface area (Å²) in [5.41, 5.74) is 2.62. The SMILES string of the molecule is CCCNCC(Cc1nnn(C)n1)c1cccc(C)c1. The smallest absolute Gasteiger partial charge is 0.175 e. The largest absolute Gasteiger partial charge is 0.316 e. The van der Waals surface area contributed by atoms with E-state index in [0.29, 0.717) is 5.92 Å². The quantitative estimate of drug-likeness (QED) is 0.782. The van der Waals surface area contributed by atoms with E-state index in [2.05, 4.69) is 58.8 Å². The third kappa shape index (κ3) is 4.13. The van der Waals surface area contributed by atoms with Crippen LogP contribution in [0.15, 0.2) is 24.3 Å². The van der Waals surface area contributed by atoms with Crippen LogP contribution >= 0.6 is 0 Å². The third-order valence-electron chi connectivity index (χ3n) is 3.31. The first-order chi connectivity index (χ1) is 9.69. The zero-order valence-electron chi connectivity index (χ0n) is 12.5. The molecule has 1 aromatic carbocycles. The van der Waals surface area contributed by atoms with Gasteiger partial charge in [0.2, 0.25) is 0 Å². The van der Waals surface area contributed by atoms with Gasteiger partial charge in [-0.05, 0) is 30.7 Å². The Morgan fingerprint density at radius 2 is 2.20 bits per heavy atom. The average Bonchev–Trinajstić information content (AvgIpc) is 2.83. The van der Waals surface area contributed by atoms with E-state index < -0.39 is 0 Å². The first-order valence-electron chi connectivity index (χ1n) is 7.19. The zero-order valence-corrected chi connectivity index (χ0v) is 12.5. The summed E-state index contributed by atoms with van der Waals surface area (Å²) in [7, 11) is 1.80. The number of aryl methyl sites for hydroxylation is 2. The lowest BCUT2D eigenvalue weighted by Crippen LogP contribution is -2.24. The van der Waals surface area contributed by atoms with Crippen LogP contribution in [0, 0.1) is 6.92 Å². The van der Waals surface area contributed by atoms with E-state index in [0.717, 1.165) is 31.8 Å². The van der Waals surface area contributed by atoms with E-state index in [9.17, 15) is 0 Å². The first-order valence-corrected chi connectivity index (χ1v) is 7.19. The van der Waals surface area contributed by atoms with Gasteiger partial charge in [-0.25, -0.2) is 0 Å². The number of rotatable bonds is 7. The summed E-state index contributed by atoms with van der Waals surface area (Å²) >= 11 is 0. The summed E-state index contributed by atoms with van der Waals surface area (Å²) < 4.78 is 0. The van der Waals surface area contributed by atoms with Crippen LogP contribution in [0.25, 0.3) is 0 Å². The first kappa shape index (κ1) is 14.7. The van der Waals surface area contributed by atoms with Gasteiger partial charge in [-0.2, -0.15) is 4.80 Å². The molecule has 108 valence electrons. The summed E-state index contributed by atoms with van der Waals surface area (Å²) in [6.45, 7) is 6.28. The number of hydrogen-bond donors (Lipinski definition) is 1. The van der Waals surface area contributed by atoms with Gasteiger partial charge in [0.15, 0.2) is 5.82 Å². The predicted octanol–water partition coefficient (Wildman–Crippen LogP) is 1.84. The van der Waals surface area contributed by atoms with Crippen molar-refractivity contribution in [1.82, 2.24) is 25.5 Å². The fourth-order valence-electron chi connectivity index (χ4n) is 2.31. The van der Waals surface area contributed by atoms with Crippen molar-refractivity contribution in [2.45, 2.75) is 32.6 Å². The molecule has 2 aromatic rings. The van der Waals surface area contributed by atoms with Gasteiger partial charge in [0.1, 0.15) is 0 Å². The molecular weight excluding hydrogens is 250 g/mol. The molecule has 1 aromatic heterocycles. The Balaban J connectivity index is 2.11. The lowest BCUT2D eigenvalue weighted by Gasteiger charge is -2.17. The van der Waals surface area contributed by atoms with Gasteiger partial charge in [0.05, 0.1) is 7.05 Å². The van der Waals surface area contributed by atoms with Crippen molar-refractivity contribution in [3.63, 3.8) is 0 Å². The fraction of sp³-hybridized carbons (Fsp3) is 0.533. The molecule has 2 rings (SSSR count). The summed E-state index contributed by atoms with van der Waals surface area (Å²) in [4.78, 5) is 1.52. The zero-order chi connectivity index (χ0) is 14.4. The second kappa shape index (κ2) is 7.14. The Bertz CT molecular complexity index is 535. The summed E-state index contributed by atoms with van der Waals surface area (Å²) in [5.74, 6) is 1.18. The summed E-state index contributed by atoms with van der Waals surface area (Å²) in [6, 6.07) is 8.67. The summed E-state index contributed by atoms with van der Waals surface area (Å²) in [5, 5.41) is 15.8. The van der Waals surface area contributed by atoms with Crippen molar-refractivity contribution in [2.24, 2.45) is 7.05 Å². The molecule has 0 fully saturated rings. The van der Waals surface area contributed by atoms with Crippen molar-refractivity contribution in [1.29, 1.82) is 0 Å². The van der Waals surface area contributed by atoms with E-state index in [1.54, 1.807) is 7.05 Å². The van der Waals surface area contributed by atoms with Crippen LogP contribution < -0.4 is 5.32 Å². The number of hydrogen-bond acceptors (Lipinski definition) is 4. The van der Waals surface area contributed by atoms with E-state index in [1.807, 2.05) is 0 Å². The van der Waals surface area contributed by atoms with Gasteiger partial charge >= 0.3 is 0 Å². The Morgan fingerprint density at radius 1 is 1.35 bits per heavy atom. The van der Waals surface area contributed by atoms with Gasteiger partial charge < -0.3 is 5.32 Å². The monoisotopic (exact) mass is 273 g/mol. The van der Waals surface area contributed by atoms with Crippen molar-refractivity contribution in [2.75, 3.05) is 13.1 Å². The Hall–Kier alpha value is -1.75. The highest BCUT2D eigenvalue weighted by Gasteiger charge is 2.15. The molecule has 5 nitrogen and oxygen atoms in total. The minimum Gasteiger partial charge on any atom is -0.316 e. The number of nitrogens with one attached hydrogen (secondary N) is 1. The second-order valence-electron chi connectivity index (χ2n) is 5.21. The van der Waals surface area contributed by atoms with Crippen LogP contribution in [0.3, 0.4) is 0 Å². The van der Waals surface area contributed by atoms with E-state index in [1.165, 1.54) is 15.9 Å². The van der Waals surface area contributed by atoms with Crippen LogP contribution in [-0.4, -0.2) is 33.3 Å². The number of tetrazole rings is 1. The van der Waals surface area contributed by atoms with Crippen molar-refractivity contribution in [3.05, 3.63) is 41.2 Å². The topological polar surface area (TPSA) is 55.6 Å². The number of nitrogens with zero attached hydrogens (tertiary/aromatic N) is 4. The van der Waals surface area contributed by atoms with Crippen molar-refractivity contribution < 1.29 is 0 Å². The fourth-order valence-corrected chi connectivity index (χ4v) is 2.31. The van der Waals surface area contributed by atoms with Crippen LogP contribution in [0.5, 0.6) is 0 Å². The standard InChI is InChI=1S/C15H23N5/c1-4-8-16-11-14(10-15-17-19-20(3)18-15)13-7-5-6-12(2)9-13/h5-7,9,14,16H,4,8,10-11H2,1-3H3. The van der Waals surface area contributed by atoms with Crippen LogP contribution in [-0.2, 0) is 13.5 Å². The minimum atomic E-state index is 0.380. The molecule has 0 aliphatic carbocycles. The average molecular weight is 273 g/mol. The molecule has 0 bridgehead atoms. The van der Waals surface area contributed by atoms with Gasteiger partial charge in [-0.15, -0.1) is 10.2 Å². The highest BCUT2D eigenvalue weighted by Crippen LogP contribution is 2.19. The van der Waals surface area contributed by atoms with Gasteiger partial charge in [0.25, 0.3) is 0 Å². The Kier molecular flexibility index (Phi) is 5.24. The molecule has 0 spiro atoms. The lowest BCUT2D eigenvalue weighted by molar-refractivity contribution is 0.563. The maximum atomic E-state index is 4.29. The second-order valence-corrected chi connectivity index (χ2v) is 5.21. The van der Waals surface area contributed by atoms with Gasteiger partial charge in [-0.1, -0.05) is 36.8 Å². The molecule has 1 atom stereocenters. The molecule has 0 aliphatic heterocycles. The van der Waals surface area contributed by atoms with E-state index in [-0.39, 0.29) is 0 Å². The molecule has 1 heterocycles. The molecule has 1 N–H and O–H groups in total. The molecule has 0 amide bonds. The number of aromatic nitrogens is 4. The minimum absolute atomic E-state index is 0.380. The highest BCUT2D eigenvalue weighted by molar-refractivity contribution is 5.26. The lowest BCUT2D eigenvalue weighted by atomic mass is 9.94. The molecule has 20 heavy (non-hydrogen) atoms. The maximum absolute atomic E-state index is 4.29. The molecule has 0 aliphatic rings. The third-order valence-corrected chi connectivity index (χ3v) is 3.31. The molecular formula is C15H23N5. The Morgan fingerprint density at radius 3 is 2.85 bits per heavy atom. The highest BCUT2D eigenvalue weighted by atomic mass is 15.6. The van der Waals surface area contributed by atoms with Gasteiger partial charge in [-0.3, -0.25) is 0 Å². The summed E-state index contributed by atoms with van der Waals surface area (Å²) in [6.07, 6.45) is 1.96. The van der Waals surface area contributed by atoms with Crippen LogP contribution in [0.4, 0.5) is 0 Å². The van der Waals surface area contributed by atoms with Crippen LogP contribution in [0.2, 0.25) is 0 Å². The molecule has 0 saturated carbocycles. The molecule has 0 saturated heterocycles. The maximum Gasteiger partial charge on any atom is 0.175 e. The molecule has 5 heteroatoms. The predicted molar refractivity (Wildman–Crippen MR) is 79.6 cm³/mol.